The number of hydrogen-bond donors (Lipinski definition) is 6. The molecule has 51 heavy (non-hydrogen) atoms. The third-order valence-corrected chi connectivity index (χ3v) is 11.7. The normalized spacial score (nSPS) is 20.5. The molecule has 2 heterocycles. The van der Waals surface area contributed by atoms with Crippen LogP contribution in [0.1, 0.15) is 97.3 Å². The molecule has 1 saturated heterocycles. The topological polar surface area (TPSA) is 186 Å². The molecular formula is C36H58N6O7S2. The number of thiophene rings is 1. The minimum atomic E-state index is -2.09. The summed E-state index contributed by atoms with van der Waals surface area (Å²) in [6.45, 7) is 14.6. The molecule has 1 aliphatic carbocycles. The Morgan fingerprint density at radius 3 is 2.43 bits per heavy atom. The van der Waals surface area contributed by atoms with E-state index in [0.717, 1.165) is 43.4 Å². The molecule has 2 aliphatic rings. The van der Waals surface area contributed by atoms with Crippen LogP contribution in [0.25, 0.3) is 0 Å². The fraction of sp³-hybridized carbons (Fsp3) is 0.694. The molecule has 286 valence electrons. The van der Waals surface area contributed by atoms with Gasteiger partial charge in [-0.2, -0.15) is 0 Å². The Labute approximate surface area is 309 Å². The highest BCUT2D eigenvalue weighted by molar-refractivity contribution is 7.79. The lowest BCUT2D eigenvalue weighted by molar-refractivity contribution is -0.144. The SMILES string of the molecule is C=CCNC(=O)C(=O)C(CCCC)NC(=O)[C@@H]1C(C)CCN1C(=O)[C@@H](NC(=O)N[C@H](CNCc1sccc1S(=O)O)C(C)(C)C)C1CCCCC1. The van der Waals surface area contributed by atoms with E-state index in [1.807, 2.05) is 34.6 Å². The first kappa shape index (κ1) is 42.3. The van der Waals surface area contributed by atoms with Gasteiger partial charge in [-0.15, -0.1) is 17.9 Å². The predicted molar refractivity (Wildman–Crippen MR) is 199 cm³/mol. The molecule has 0 aromatic carbocycles. The van der Waals surface area contributed by atoms with Crippen molar-refractivity contribution >= 4 is 52.0 Å². The molecule has 1 aromatic heterocycles. The highest BCUT2D eigenvalue weighted by Crippen LogP contribution is 2.31. The van der Waals surface area contributed by atoms with Crippen molar-refractivity contribution in [2.75, 3.05) is 19.6 Å². The summed E-state index contributed by atoms with van der Waals surface area (Å²) in [4.78, 5) is 70.2. The van der Waals surface area contributed by atoms with Crippen LogP contribution < -0.4 is 26.6 Å². The minimum absolute atomic E-state index is 0.105. The number of hydrogen-bond acceptors (Lipinski definition) is 8. The molecule has 13 nitrogen and oxygen atoms in total. The van der Waals surface area contributed by atoms with Gasteiger partial charge in [-0.3, -0.25) is 19.2 Å². The quantitative estimate of drug-likeness (QED) is 0.0742. The summed E-state index contributed by atoms with van der Waals surface area (Å²) in [6.07, 6.45) is 8.19. The number of amides is 5. The van der Waals surface area contributed by atoms with Crippen LogP contribution in [0.15, 0.2) is 29.0 Å². The van der Waals surface area contributed by atoms with Crippen molar-refractivity contribution < 1.29 is 32.7 Å². The number of carbonyl (C=O) groups excluding carboxylic acids is 5. The molecule has 2 fully saturated rings. The molecule has 0 spiro atoms. The number of ketones is 1. The highest BCUT2D eigenvalue weighted by Gasteiger charge is 2.45. The Kier molecular flexibility index (Phi) is 16.7. The van der Waals surface area contributed by atoms with Gasteiger partial charge in [0.05, 0.1) is 10.9 Å². The van der Waals surface area contributed by atoms with Gasteiger partial charge in [0.15, 0.2) is 11.1 Å². The zero-order valence-corrected chi connectivity index (χ0v) is 32.4. The molecule has 0 bridgehead atoms. The predicted octanol–water partition coefficient (Wildman–Crippen LogP) is 3.86. The van der Waals surface area contributed by atoms with E-state index in [2.05, 4.69) is 33.2 Å². The molecule has 1 aliphatic heterocycles. The first-order valence-corrected chi connectivity index (χ1v) is 20.2. The zero-order valence-electron chi connectivity index (χ0n) is 30.8. The van der Waals surface area contributed by atoms with Gasteiger partial charge in [-0.1, -0.05) is 72.8 Å². The van der Waals surface area contributed by atoms with Gasteiger partial charge in [0.1, 0.15) is 12.1 Å². The molecular weight excluding hydrogens is 693 g/mol. The fourth-order valence-corrected chi connectivity index (χ4v) is 8.46. The maximum Gasteiger partial charge on any atom is 0.315 e. The van der Waals surface area contributed by atoms with E-state index in [9.17, 15) is 32.7 Å². The lowest BCUT2D eigenvalue weighted by Crippen LogP contribution is -2.61. The van der Waals surface area contributed by atoms with E-state index in [-0.39, 0.29) is 35.7 Å². The summed E-state index contributed by atoms with van der Waals surface area (Å²) in [7, 11) is 0. The van der Waals surface area contributed by atoms with Crippen LogP contribution in [-0.2, 0) is 36.8 Å². The summed E-state index contributed by atoms with van der Waals surface area (Å²) in [5.74, 6) is -2.64. The molecule has 1 saturated carbocycles. The minimum Gasteiger partial charge on any atom is -0.346 e. The Balaban J connectivity index is 1.76. The number of rotatable bonds is 18. The second kappa shape index (κ2) is 20.2. The van der Waals surface area contributed by atoms with Crippen LogP contribution in [0.4, 0.5) is 4.79 Å². The van der Waals surface area contributed by atoms with Crippen molar-refractivity contribution in [1.29, 1.82) is 0 Å². The Morgan fingerprint density at radius 2 is 1.80 bits per heavy atom. The monoisotopic (exact) mass is 750 g/mol. The van der Waals surface area contributed by atoms with Crippen LogP contribution in [-0.4, -0.2) is 87.0 Å². The smallest absolute Gasteiger partial charge is 0.315 e. The van der Waals surface area contributed by atoms with E-state index in [0.29, 0.717) is 43.8 Å². The lowest BCUT2D eigenvalue weighted by Gasteiger charge is -2.37. The van der Waals surface area contributed by atoms with E-state index >= 15 is 0 Å². The fourth-order valence-electron chi connectivity index (χ4n) is 6.82. The van der Waals surface area contributed by atoms with Crippen molar-refractivity contribution in [2.45, 2.75) is 128 Å². The molecule has 6 atom stereocenters. The second-order valence-corrected chi connectivity index (χ2v) is 16.7. The van der Waals surface area contributed by atoms with Crippen LogP contribution in [0, 0.1) is 17.3 Å². The summed E-state index contributed by atoms with van der Waals surface area (Å²) >= 11 is -0.707. The van der Waals surface area contributed by atoms with Crippen LogP contribution in [0.2, 0.25) is 0 Å². The Morgan fingerprint density at radius 1 is 1.10 bits per heavy atom. The van der Waals surface area contributed by atoms with Gasteiger partial charge < -0.3 is 36.0 Å². The van der Waals surface area contributed by atoms with E-state index in [1.54, 1.807) is 16.3 Å². The molecule has 0 radical (unpaired) electrons. The standard InChI is InChI=1S/C36H58N6O7S2/c1-7-9-15-25(31(43)33(45)38-18-8-2)39-32(44)30-23(3)16-19-42(30)34(46)29(24-13-11-10-12-14-24)41-35(47)40-28(36(4,5)6)22-37-21-26-27(51(48)49)17-20-50-26/h8,17,20,23-25,28-30,37H,2,7,9-16,18-19,21-22H2,1,3-6H3,(H,38,45)(H,39,44)(H,48,49)(H2,40,41,47)/t23?,25?,28-,29+,30+/m1/s1. The van der Waals surface area contributed by atoms with E-state index < -0.39 is 52.8 Å². The number of likely N-dealkylation sites (tertiary alicyclic amines) is 1. The van der Waals surface area contributed by atoms with Crippen molar-refractivity contribution in [1.82, 2.24) is 31.5 Å². The van der Waals surface area contributed by atoms with Gasteiger partial charge in [0.25, 0.3) is 5.91 Å². The van der Waals surface area contributed by atoms with Crippen molar-refractivity contribution in [3.8, 4) is 0 Å². The van der Waals surface area contributed by atoms with Crippen LogP contribution >= 0.6 is 11.3 Å². The van der Waals surface area contributed by atoms with E-state index in [4.69, 9.17) is 0 Å². The average molecular weight is 751 g/mol. The van der Waals surface area contributed by atoms with Gasteiger partial charge in [0, 0.05) is 37.1 Å². The first-order valence-electron chi connectivity index (χ1n) is 18.2. The number of urea groups is 1. The van der Waals surface area contributed by atoms with Gasteiger partial charge >= 0.3 is 6.03 Å². The van der Waals surface area contributed by atoms with E-state index in [1.165, 1.54) is 17.4 Å². The largest absolute Gasteiger partial charge is 0.346 e. The summed E-state index contributed by atoms with van der Waals surface area (Å²) in [5.41, 5.74) is -0.366. The van der Waals surface area contributed by atoms with Gasteiger partial charge in [-0.25, -0.2) is 9.00 Å². The Bertz CT molecular complexity index is 1390. The molecule has 6 N–H and O–H groups in total. The van der Waals surface area contributed by atoms with Crippen molar-refractivity contribution in [3.05, 3.63) is 29.0 Å². The second-order valence-electron chi connectivity index (χ2n) is 14.8. The number of carbonyl (C=O) groups is 5. The summed E-state index contributed by atoms with van der Waals surface area (Å²) in [5, 5.41) is 16.4. The number of nitrogens with one attached hydrogen (secondary N) is 5. The molecule has 5 amide bonds. The molecule has 3 rings (SSSR count). The Hall–Kier alpha value is -3.14. The maximum absolute atomic E-state index is 14.4. The number of Topliss-reactive ketones (excluding diaryl/α,β-unsaturated/α-hetero) is 1. The van der Waals surface area contributed by atoms with Gasteiger partial charge in [-0.05, 0) is 54.4 Å². The average Bonchev–Trinajstić information content (AvgIpc) is 3.73. The number of nitrogens with zero attached hydrogens (tertiary/aromatic N) is 1. The molecule has 1 aromatic rings. The number of unbranched alkanes of at least 4 members (excludes halogenated alkanes) is 1. The van der Waals surface area contributed by atoms with Gasteiger partial charge in [0.2, 0.25) is 17.6 Å². The molecule has 3 unspecified atom stereocenters. The van der Waals surface area contributed by atoms with Crippen molar-refractivity contribution in [2.24, 2.45) is 17.3 Å². The third-order valence-electron chi connectivity index (χ3n) is 9.91. The van der Waals surface area contributed by atoms with Crippen molar-refractivity contribution in [3.63, 3.8) is 0 Å². The maximum atomic E-state index is 14.4. The van der Waals surface area contributed by atoms with Crippen LogP contribution in [0.5, 0.6) is 0 Å². The third kappa shape index (κ3) is 12.2. The molecule has 15 heteroatoms. The van der Waals surface area contributed by atoms with Crippen LogP contribution in [0.3, 0.4) is 0 Å². The first-order chi connectivity index (χ1) is 24.2. The highest BCUT2D eigenvalue weighted by atomic mass is 32.2. The summed E-state index contributed by atoms with van der Waals surface area (Å²) in [6, 6.07) is -1.95. The lowest BCUT2D eigenvalue weighted by atomic mass is 9.83. The zero-order chi connectivity index (χ0) is 37.7. The summed E-state index contributed by atoms with van der Waals surface area (Å²) < 4.78 is 21.2.